The van der Waals surface area contributed by atoms with Crippen molar-refractivity contribution in [1.29, 1.82) is 0 Å². The summed E-state index contributed by atoms with van der Waals surface area (Å²) in [7, 11) is 3.98. The Morgan fingerprint density at radius 1 is 1.53 bits per heavy atom. The van der Waals surface area contributed by atoms with E-state index < -0.39 is 0 Å². The van der Waals surface area contributed by atoms with Gasteiger partial charge in [0.05, 0.1) is 11.4 Å². The van der Waals surface area contributed by atoms with Crippen LogP contribution < -0.4 is 5.32 Å². The Labute approximate surface area is 89.3 Å². The normalized spacial score (nSPS) is 10.9. The molecule has 0 bridgehead atoms. The summed E-state index contributed by atoms with van der Waals surface area (Å²) in [5, 5.41) is 3.14. The number of imidazole rings is 1. The lowest BCUT2D eigenvalue weighted by molar-refractivity contribution is 0.796. The van der Waals surface area contributed by atoms with Gasteiger partial charge in [0.25, 0.3) is 0 Å². The lowest BCUT2D eigenvalue weighted by Crippen LogP contribution is -2.07. The third kappa shape index (κ3) is 1.68. The summed E-state index contributed by atoms with van der Waals surface area (Å²) >= 11 is 0. The predicted octanol–water partition coefficient (Wildman–Crippen LogP) is 1.44. The molecule has 0 aromatic carbocycles. The highest BCUT2D eigenvalue weighted by atomic mass is 15.1. The molecule has 2 N–H and O–H groups in total. The van der Waals surface area contributed by atoms with Crippen molar-refractivity contribution in [3.63, 3.8) is 0 Å². The van der Waals surface area contributed by atoms with Gasteiger partial charge >= 0.3 is 0 Å². The minimum atomic E-state index is 0.794. The third-order valence-electron chi connectivity index (χ3n) is 2.61. The third-order valence-corrected chi connectivity index (χ3v) is 2.61. The fourth-order valence-electron chi connectivity index (χ4n) is 1.80. The zero-order valence-corrected chi connectivity index (χ0v) is 9.33. The van der Waals surface area contributed by atoms with Crippen LogP contribution in [0.15, 0.2) is 18.5 Å². The molecule has 2 aromatic rings. The van der Waals surface area contributed by atoms with Crippen LogP contribution in [0.1, 0.15) is 11.5 Å². The molecule has 2 heterocycles. The van der Waals surface area contributed by atoms with Crippen molar-refractivity contribution in [2.45, 2.75) is 13.5 Å². The van der Waals surface area contributed by atoms with E-state index in [2.05, 4.69) is 25.9 Å². The molecule has 0 aliphatic heterocycles. The zero-order chi connectivity index (χ0) is 10.8. The van der Waals surface area contributed by atoms with Gasteiger partial charge in [-0.15, -0.1) is 0 Å². The number of hydrogen-bond donors (Lipinski definition) is 2. The van der Waals surface area contributed by atoms with E-state index in [0.717, 1.165) is 18.1 Å². The van der Waals surface area contributed by atoms with Crippen molar-refractivity contribution in [2.75, 3.05) is 7.05 Å². The highest BCUT2D eigenvalue weighted by Gasteiger charge is 2.13. The average Bonchev–Trinajstić information content (AvgIpc) is 2.78. The molecule has 0 saturated carbocycles. The number of H-pyrrole nitrogens is 1. The Kier molecular flexibility index (Phi) is 2.60. The lowest BCUT2D eigenvalue weighted by Gasteiger charge is -2.03. The maximum atomic E-state index is 4.54. The molecule has 0 fully saturated rings. The Bertz CT molecular complexity index is 439. The van der Waals surface area contributed by atoms with Gasteiger partial charge in [0.2, 0.25) is 0 Å². The zero-order valence-electron chi connectivity index (χ0n) is 9.33. The number of nitrogens with one attached hydrogen (secondary N) is 2. The van der Waals surface area contributed by atoms with Crippen molar-refractivity contribution in [3.8, 4) is 11.3 Å². The van der Waals surface area contributed by atoms with Gasteiger partial charge in [0.1, 0.15) is 5.82 Å². The minimum absolute atomic E-state index is 0.794. The van der Waals surface area contributed by atoms with Gasteiger partial charge in [-0.05, 0) is 20.0 Å². The van der Waals surface area contributed by atoms with E-state index in [9.17, 15) is 0 Å². The van der Waals surface area contributed by atoms with Gasteiger partial charge in [-0.2, -0.15) is 0 Å². The molecule has 2 aromatic heterocycles. The van der Waals surface area contributed by atoms with Crippen LogP contribution in [0.2, 0.25) is 0 Å². The Hall–Kier alpha value is -1.55. The molecule has 80 valence electrons. The van der Waals surface area contributed by atoms with Gasteiger partial charge in [-0.25, -0.2) is 4.98 Å². The molecule has 0 amide bonds. The van der Waals surface area contributed by atoms with Gasteiger partial charge in [-0.3, -0.25) is 0 Å². The maximum absolute atomic E-state index is 4.54. The van der Waals surface area contributed by atoms with Crippen LogP contribution >= 0.6 is 0 Å². The van der Waals surface area contributed by atoms with Crippen LogP contribution in [0.25, 0.3) is 11.3 Å². The summed E-state index contributed by atoms with van der Waals surface area (Å²) in [5.41, 5.74) is 3.46. The van der Waals surface area contributed by atoms with E-state index in [0.29, 0.717) is 0 Å². The first-order valence-corrected chi connectivity index (χ1v) is 5.04. The number of aromatic amines is 1. The number of aromatic nitrogens is 3. The lowest BCUT2D eigenvalue weighted by atomic mass is 10.2. The van der Waals surface area contributed by atoms with Crippen molar-refractivity contribution < 1.29 is 0 Å². The van der Waals surface area contributed by atoms with Gasteiger partial charge < -0.3 is 14.9 Å². The highest BCUT2D eigenvalue weighted by molar-refractivity contribution is 5.62. The van der Waals surface area contributed by atoms with E-state index in [1.165, 1.54) is 11.3 Å². The highest BCUT2D eigenvalue weighted by Crippen LogP contribution is 2.23. The molecular weight excluding hydrogens is 188 g/mol. The second kappa shape index (κ2) is 3.90. The van der Waals surface area contributed by atoms with Crippen LogP contribution in [0.4, 0.5) is 0 Å². The number of aryl methyl sites for hydroxylation is 1. The Morgan fingerprint density at radius 3 is 2.93 bits per heavy atom. The smallest absolute Gasteiger partial charge is 0.106 e. The molecular formula is C11H16N4. The maximum Gasteiger partial charge on any atom is 0.106 e. The van der Waals surface area contributed by atoms with E-state index in [1.54, 1.807) is 0 Å². The summed E-state index contributed by atoms with van der Waals surface area (Å²) < 4.78 is 2.12. The summed E-state index contributed by atoms with van der Waals surface area (Å²) in [5.74, 6) is 1.04. The first kappa shape index (κ1) is 9.98. The average molecular weight is 204 g/mol. The fraction of sp³-hybridized carbons (Fsp3) is 0.364. The van der Waals surface area contributed by atoms with Crippen LogP contribution in [0.3, 0.4) is 0 Å². The standard InChI is InChI=1S/C11H16N4/c1-8-14-10(7-12-2)11(15(8)3)9-4-5-13-6-9/h4-6,12-13H,7H2,1-3H3. The molecule has 2 rings (SSSR count). The number of hydrogen-bond acceptors (Lipinski definition) is 2. The van der Waals surface area contributed by atoms with Crippen molar-refractivity contribution in [1.82, 2.24) is 19.9 Å². The van der Waals surface area contributed by atoms with E-state index >= 15 is 0 Å². The van der Waals surface area contributed by atoms with Crippen LogP contribution in [0.5, 0.6) is 0 Å². The molecule has 0 aliphatic rings. The van der Waals surface area contributed by atoms with Gasteiger partial charge in [0.15, 0.2) is 0 Å². The summed E-state index contributed by atoms with van der Waals surface area (Å²) in [6.45, 7) is 2.82. The predicted molar refractivity (Wildman–Crippen MR) is 60.5 cm³/mol. The molecule has 0 aliphatic carbocycles. The molecule has 0 saturated heterocycles. The van der Waals surface area contributed by atoms with Crippen molar-refractivity contribution in [3.05, 3.63) is 30.0 Å². The Morgan fingerprint density at radius 2 is 2.33 bits per heavy atom. The van der Waals surface area contributed by atoms with E-state index in [4.69, 9.17) is 0 Å². The summed E-state index contributed by atoms with van der Waals surface area (Å²) in [4.78, 5) is 7.61. The van der Waals surface area contributed by atoms with E-state index in [1.807, 2.05) is 33.4 Å². The van der Waals surface area contributed by atoms with Gasteiger partial charge in [0, 0.05) is 31.5 Å². The molecule has 0 unspecified atom stereocenters. The number of rotatable bonds is 3. The molecule has 15 heavy (non-hydrogen) atoms. The fourth-order valence-corrected chi connectivity index (χ4v) is 1.80. The monoisotopic (exact) mass is 204 g/mol. The van der Waals surface area contributed by atoms with Crippen LogP contribution in [0, 0.1) is 6.92 Å². The molecule has 4 heteroatoms. The second-order valence-corrected chi connectivity index (χ2v) is 3.64. The SMILES string of the molecule is CNCc1nc(C)n(C)c1-c1cc[nH]c1. The molecule has 4 nitrogen and oxygen atoms in total. The first-order valence-electron chi connectivity index (χ1n) is 5.04. The summed E-state index contributed by atoms with van der Waals surface area (Å²) in [6.07, 6.45) is 3.93. The quantitative estimate of drug-likeness (QED) is 0.794. The van der Waals surface area contributed by atoms with Crippen molar-refractivity contribution >= 4 is 0 Å². The van der Waals surface area contributed by atoms with E-state index in [-0.39, 0.29) is 0 Å². The molecule has 0 radical (unpaired) electrons. The van der Waals surface area contributed by atoms with Crippen LogP contribution in [-0.4, -0.2) is 21.6 Å². The first-order chi connectivity index (χ1) is 7.24. The summed E-state index contributed by atoms with van der Waals surface area (Å²) in [6, 6.07) is 2.07. The molecule has 0 atom stereocenters. The molecule has 0 spiro atoms. The van der Waals surface area contributed by atoms with Crippen LogP contribution in [-0.2, 0) is 13.6 Å². The second-order valence-electron chi connectivity index (χ2n) is 3.64. The largest absolute Gasteiger partial charge is 0.367 e. The van der Waals surface area contributed by atoms with Crippen molar-refractivity contribution in [2.24, 2.45) is 7.05 Å². The number of nitrogens with zero attached hydrogens (tertiary/aromatic N) is 2. The van der Waals surface area contributed by atoms with Gasteiger partial charge in [-0.1, -0.05) is 0 Å². The topological polar surface area (TPSA) is 45.6 Å². The minimum Gasteiger partial charge on any atom is -0.367 e. The Balaban J connectivity index is 2.53.